The molecule has 0 atom stereocenters. The maximum atomic E-state index is 14.1. The Morgan fingerprint density at radius 1 is 1.14 bits per heavy atom. The third-order valence-corrected chi connectivity index (χ3v) is 5.14. The Morgan fingerprint density at radius 2 is 1.89 bits per heavy atom. The first-order valence-electron chi connectivity index (χ1n) is 10.6. The third-order valence-electron chi connectivity index (χ3n) is 5.14. The number of carbonyl (C=O) groups is 1. The Morgan fingerprint density at radius 3 is 2.63 bits per heavy atom. The van der Waals surface area contributed by atoms with Crippen LogP contribution in [0.4, 0.5) is 15.9 Å². The number of benzene rings is 2. The SMILES string of the molecule is COCCn1c(NC(=O)c2cc(-c3ccccc3F)on2)c(NCc2ccccc2)c(=O)[nH]c1=O. The molecule has 35 heavy (non-hydrogen) atoms. The summed E-state index contributed by atoms with van der Waals surface area (Å²) in [5.41, 5.74) is -0.594. The zero-order valence-electron chi connectivity index (χ0n) is 18.7. The Balaban J connectivity index is 1.67. The van der Waals surface area contributed by atoms with E-state index in [0.29, 0.717) is 0 Å². The topological polar surface area (TPSA) is 131 Å². The molecule has 0 unspecified atom stereocenters. The van der Waals surface area contributed by atoms with Gasteiger partial charge < -0.3 is 19.9 Å². The van der Waals surface area contributed by atoms with Crippen molar-refractivity contribution >= 4 is 17.4 Å². The zero-order chi connectivity index (χ0) is 24.8. The number of nitrogens with one attached hydrogen (secondary N) is 3. The van der Waals surface area contributed by atoms with Gasteiger partial charge in [-0.2, -0.15) is 0 Å². The van der Waals surface area contributed by atoms with Crippen LogP contribution in [-0.4, -0.2) is 34.3 Å². The number of hydrogen-bond donors (Lipinski definition) is 3. The van der Waals surface area contributed by atoms with E-state index >= 15 is 0 Å². The summed E-state index contributed by atoms with van der Waals surface area (Å²) < 4.78 is 25.5. The van der Waals surface area contributed by atoms with Gasteiger partial charge in [-0.3, -0.25) is 19.1 Å². The number of hydrogen-bond acceptors (Lipinski definition) is 7. The Labute approximate surface area is 198 Å². The number of ether oxygens (including phenoxy) is 1. The van der Waals surface area contributed by atoms with Crippen molar-refractivity contribution in [3.05, 3.63) is 98.6 Å². The lowest BCUT2D eigenvalue weighted by Gasteiger charge is -2.17. The van der Waals surface area contributed by atoms with E-state index in [-0.39, 0.29) is 48.2 Å². The molecule has 0 aliphatic carbocycles. The maximum absolute atomic E-state index is 14.1. The number of halogens is 1. The Kier molecular flexibility index (Phi) is 7.17. The molecule has 2 heterocycles. The predicted molar refractivity (Wildman–Crippen MR) is 127 cm³/mol. The van der Waals surface area contributed by atoms with Gasteiger partial charge in [0.1, 0.15) is 17.3 Å². The second kappa shape index (κ2) is 10.6. The molecule has 0 saturated heterocycles. The number of carbonyl (C=O) groups excluding carboxylic acids is 1. The lowest BCUT2D eigenvalue weighted by atomic mass is 10.1. The van der Waals surface area contributed by atoms with Gasteiger partial charge in [0, 0.05) is 19.7 Å². The van der Waals surface area contributed by atoms with E-state index in [9.17, 15) is 18.8 Å². The Bertz CT molecular complexity index is 1440. The van der Waals surface area contributed by atoms with Crippen LogP contribution in [0, 0.1) is 5.82 Å². The standard InChI is InChI=1S/C24H22FN5O5/c1-34-12-11-30-21(20(23(32)28-24(30)33)26-14-15-7-3-2-4-8-15)27-22(31)18-13-19(35-29-18)16-9-5-6-10-17(16)25/h2-10,13,26H,11-12,14H2,1H3,(H,27,31)(H,28,32,33). The number of aromatic nitrogens is 3. The van der Waals surface area contributed by atoms with Gasteiger partial charge in [0.15, 0.2) is 11.5 Å². The number of aromatic amines is 1. The van der Waals surface area contributed by atoms with Crippen molar-refractivity contribution in [1.82, 2.24) is 14.7 Å². The van der Waals surface area contributed by atoms with Crippen LogP contribution in [0.15, 0.2) is 74.8 Å². The van der Waals surface area contributed by atoms with Gasteiger partial charge in [0.25, 0.3) is 11.5 Å². The monoisotopic (exact) mass is 479 g/mol. The minimum atomic E-state index is -0.754. The molecule has 2 aromatic carbocycles. The molecule has 10 nitrogen and oxygen atoms in total. The summed E-state index contributed by atoms with van der Waals surface area (Å²) in [6.45, 7) is 0.464. The molecule has 1 amide bonds. The molecule has 2 aromatic heterocycles. The molecule has 0 aliphatic rings. The minimum absolute atomic E-state index is 0.0178. The molecule has 180 valence electrons. The van der Waals surface area contributed by atoms with E-state index in [4.69, 9.17) is 9.26 Å². The van der Waals surface area contributed by atoms with Gasteiger partial charge in [-0.25, -0.2) is 9.18 Å². The lowest BCUT2D eigenvalue weighted by molar-refractivity contribution is 0.101. The summed E-state index contributed by atoms with van der Waals surface area (Å²) in [6.07, 6.45) is 0. The molecule has 0 bridgehead atoms. The number of rotatable bonds is 9. The molecular formula is C24H22FN5O5. The number of anilines is 2. The molecule has 0 fully saturated rings. The summed E-state index contributed by atoms with van der Waals surface area (Å²) in [4.78, 5) is 40.4. The van der Waals surface area contributed by atoms with Crippen LogP contribution < -0.4 is 21.9 Å². The minimum Gasteiger partial charge on any atom is -0.383 e. The average Bonchev–Trinajstić information content (AvgIpc) is 3.34. The van der Waals surface area contributed by atoms with E-state index in [1.54, 1.807) is 6.07 Å². The van der Waals surface area contributed by atoms with Crippen LogP contribution in [0.1, 0.15) is 16.1 Å². The molecular weight excluding hydrogens is 457 g/mol. The molecule has 0 aliphatic heterocycles. The fraction of sp³-hybridized carbons (Fsp3) is 0.167. The van der Waals surface area contributed by atoms with Gasteiger partial charge in [-0.15, -0.1) is 0 Å². The molecule has 0 radical (unpaired) electrons. The normalized spacial score (nSPS) is 10.8. The highest BCUT2D eigenvalue weighted by Crippen LogP contribution is 2.24. The van der Waals surface area contributed by atoms with Gasteiger partial charge in [-0.1, -0.05) is 47.6 Å². The fourth-order valence-corrected chi connectivity index (χ4v) is 3.39. The highest BCUT2D eigenvalue weighted by atomic mass is 19.1. The quantitative estimate of drug-likeness (QED) is 0.336. The maximum Gasteiger partial charge on any atom is 0.330 e. The van der Waals surface area contributed by atoms with Crippen molar-refractivity contribution in [2.45, 2.75) is 13.1 Å². The number of methoxy groups -OCH3 is 1. The average molecular weight is 479 g/mol. The second-order valence-corrected chi connectivity index (χ2v) is 7.48. The summed E-state index contributed by atoms with van der Waals surface area (Å²) in [7, 11) is 1.46. The number of H-pyrrole nitrogens is 1. The van der Waals surface area contributed by atoms with Crippen LogP contribution in [0.25, 0.3) is 11.3 Å². The van der Waals surface area contributed by atoms with Crippen LogP contribution in [0.2, 0.25) is 0 Å². The number of amides is 1. The summed E-state index contributed by atoms with van der Waals surface area (Å²) >= 11 is 0. The van der Waals surface area contributed by atoms with Gasteiger partial charge in [0.2, 0.25) is 0 Å². The van der Waals surface area contributed by atoms with Gasteiger partial charge in [-0.05, 0) is 17.7 Å². The summed E-state index contributed by atoms with van der Waals surface area (Å²) in [5.74, 6) is -1.30. The smallest absolute Gasteiger partial charge is 0.330 e. The van der Waals surface area contributed by atoms with Gasteiger partial charge >= 0.3 is 5.69 Å². The molecule has 11 heteroatoms. The second-order valence-electron chi connectivity index (χ2n) is 7.48. The lowest BCUT2D eigenvalue weighted by Crippen LogP contribution is -2.36. The first kappa shape index (κ1) is 23.6. The first-order chi connectivity index (χ1) is 17.0. The van der Waals surface area contributed by atoms with Crippen LogP contribution in [0.5, 0.6) is 0 Å². The van der Waals surface area contributed by atoms with E-state index in [1.807, 2.05) is 30.3 Å². The summed E-state index contributed by atoms with van der Waals surface area (Å²) in [5, 5.41) is 9.27. The molecule has 3 N–H and O–H groups in total. The highest BCUT2D eigenvalue weighted by molar-refractivity contribution is 6.04. The zero-order valence-corrected chi connectivity index (χ0v) is 18.7. The first-order valence-corrected chi connectivity index (χ1v) is 10.6. The van der Waals surface area contributed by atoms with Crippen molar-refractivity contribution in [1.29, 1.82) is 0 Å². The Hall–Kier alpha value is -4.51. The van der Waals surface area contributed by atoms with Crippen molar-refractivity contribution in [2.75, 3.05) is 24.4 Å². The predicted octanol–water partition coefficient (Wildman–Crippen LogP) is 2.84. The fourth-order valence-electron chi connectivity index (χ4n) is 3.39. The van der Waals surface area contributed by atoms with E-state index in [2.05, 4.69) is 20.8 Å². The van der Waals surface area contributed by atoms with Crippen LogP contribution >= 0.6 is 0 Å². The van der Waals surface area contributed by atoms with Crippen molar-refractivity contribution in [3.63, 3.8) is 0 Å². The van der Waals surface area contributed by atoms with Crippen LogP contribution in [0.3, 0.4) is 0 Å². The van der Waals surface area contributed by atoms with Gasteiger partial charge in [0.05, 0.1) is 18.7 Å². The van der Waals surface area contributed by atoms with Crippen molar-refractivity contribution in [2.24, 2.45) is 0 Å². The van der Waals surface area contributed by atoms with E-state index in [0.717, 1.165) is 5.56 Å². The van der Waals surface area contributed by atoms with E-state index < -0.39 is 23.0 Å². The summed E-state index contributed by atoms with van der Waals surface area (Å²) in [6, 6.07) is 16.4. The molecule has 0 spiro atoms. The molecule has 4 rings (SSSR count). The van der Waals surface area contributed by atoms with Crippen molar-refractivity contribution in [3.8, 4) is 11.3 Å². The van der Waals surface area contributed by atoms with E-state index in [1.165, 1.54) is 35.9 Å². The van der Waals surface area contributed by atoms with Crippen molar-refractivity contribution < 1.29 is 18.4 Å². The largest absolute Gasteiger partial charge is 0.383 e. The third kappa shape index (κ3) is 5.36. The molecule has 0 saturated carbocycles. The highest BCUT2D eigenvalue weighted by Gasteiger charge is 2.21. The van der Waals surface area contributed by atoms with Crippen LogP contribution in [-0.2, 0) is 17.8 Å². The molecule has 4 aromatic rings. The number of nitrogens with zero attached hydrogens (tertiary/aromatic N) is 2.